The molecule has 0 amide bonds. The molecule has 2 heterocycles. The SMILES string of the molecule is Cc1ccc2[nH]c(=S)n(C(C)c3cccs3)c2c1. The zero-order valence-electron chi connectivity index (χ0n) is 10.3. The van der Waals surface area contributed by atoms with Gasteiger partial charge >= 0.3 is 0 Å². The quantitative estimate of drug-likeness (QED) is 0.673. The standard InChI is InChI=1S/C14H14N2S2/c1-9-5-6-11-12(8-9)16(14(17)15-11)10(2)13-4-3-7-18-13/h3-8,10H,1-2H3,(H,15,17). The molecule has 2 nitrogen and oxygen atoms in total. The number of imidazole rings is 1. The predicted octanol–water partition coefficient (Wildman–Crippen LogP) is 4.68. The summed E-state index contributed by atoms with van der Waals surface area (Å²) < 4.78 is 2.99. The highest BCUT2D eigenvalue weighted by atomic mass is 32.1. The van der Waals surface area contributed by atoms with Crippen LogP contribution < -0.4 is 0 Å². The average Bonchev–Trinajstić information content (AvgIpc) is 2.94. The Balaban J connectivity index is 2.25. The summed E-state index contributed by atoms with van der Waals surface area (Å²) in [5, 5.41) is 2.11. The molecular weight excluding hydrogens is 260 g/mol. The van der Waals surface area contributed by atoms with E-state index in [0.717, 1.165) is 10.3 Å². The summed E-state index contributed by atoms with van der Waals surface area (Å²) in [6, 6.07) is 10.9. The van der Waals surface area contributed by atoms with Gasteiger partial charge in [0.1, 0.15) is 0 Å². The van der Waals surface area contributed by atoms with Gasteiger partial charge in [-0.05, 0) is 55.2 Å². The minimum absolute atomic E-state index is 0.271. The Bertz CT molecular complexity index is 735. The lowest BCUT2D eigenvalue weighted by Crippen LogP contribution is -2.05. The van der Waals surface area contributed by atoms with Crippen LogP contribution >= 0.6 is 23.6 Å². The first-order valence-electron chi connectivity index (χ1n) is 5.91. The molecule has 0 spiro atoms. The van der Waals surface area contributed by atoms with E-state index in [1.165, 1.54) is 16.0 Å². The van der Waals surface area contributed by atoms with Crippen LogP contribution in [0, 0.1) is 11.7 Å². The van der Waals surface area contributed by atoms with Gasteiger partial charge in [0.2, 0.25) is 0 Å². The van der Waals surface area contributed by atoms with Gasteiger partial charge in [-0.3, -0.25) is 0 Å². The smallest absolute Gasteiger partial charge is 0.178 e. The van der Waals surface area contributed by atoms with Gasteiger partial charge in [0.05, 0.1) is 17.1 Å². The van der Waals surface area contributed by atoms with Crippen molar-refractivity contribution in [2.45, 2.75) is 19.9 Å². The minimum atomic E-state index is 0.271. The fraction of sp³-hybridized carbons (Fsp3) is 0.214. The summed E-state index contributed by atoms with van der Waals surface area (Å²) in [5.74, 6) is 0. The Morgan fingerprint density at radius 2 is 2.17 bits per heavy atom. The van der Waals surface area contributed by atoms with E-state index in [-0.39, 0.29) is 6.04 Å². The first-order valence-corrected chi connectivity index (χ1v) is 7.20. The van der Waals surface area contributed by atoms with E-state index >= 15 is 0 Å². The van der Waals surface area contributed by atoms with Crippen molar-refractivity contribution >= 4 is 34.6 Å². The Morgan fingerprint density at radius 3 is 2.89 bits per heavy atom. The number of H-pyrrole nitrogens is 1. The maximum Gasteiger partial charge on any atom is 0.178 e. The second kappa shape index (κ2) is 4.37. The van der Waals surface area contributed by atoms with E-state index in [4.69, 9.17) is 12.2 Å². The Kier molecular flexibility index (Phi) is 2.84. The number of benzene rings is 1. The van der Waals surface area contributed by atoms with Gasteiger partial charge in [-0.1, -0.05) is 12.1 Å². The molecule has 0 radical (unpaired) electrons. The van der Waals surface area contributed by atoms with Crippen LogP contribution in [0.5, 0.6) is 0 Å². The Morgan fingerprint density at radius 1 is 1.33 bits per heavy atom. The topological polar surface area (TPSA) is 20.7 Å². The summed E-state index contributed by atoms with van der Waals surface area (Å²) in [7, 11) is 0. The summed E-state index contributed by atoms with van der Waals surface area (Å²) in [5.41, 5.74) is 3.54. The maximum atomic E-state index is 5.46. The number of aromatic nitrogens is 2. The average molecular weight is 274 g/mol. The molecule has 3 aromatic rings. The van der Waals surface area contributed by atoms with E-state index in [1.54, 1.807) is 11.3 Å². The van der Waals surface area contributed by atoms with Crippen LogP contribution in [0.1, 0.15) is 23.4 Å². The van der Waals surface area contributed by atoms with Crippen molar-refractivity contribution < 1.29 is 0 Å². The van der Waals surface area contributed by atoms with Gasteiger partial charge in [0.25, 0.3) is 0 Å². The van der Waals surface area contributed by atoms with E-state index in [2.05, 4.69) is 59.1 Å². The monoisotopic (exact) mass is 274 g/mol. The van der Waals surface area contributed by atoms with Gasteiger partial charge in [0, 0.05) is 4.88 Å². The first kappa shape index (κ1) is 11.7. The molecule has 1 N–H and O–H groups in total. The van der Waals surface area contributed by atoms with Crippen LogP contribution in [-0.4, -0.2) is 9.55 Å². The molecule has 18 heavy (non-hydrogen) atoms. The number of hydrogen-bond acceptors (Lipinski definition) is 2. The number of fused-ring (bicyclic) bond motifs is 1. The molecule has 1 unspecified atom stereocenters. The van der Waals surface area contributed by atoms with E-state index in [1.807, 2.05) is 0 Å². The summed E-state index contributed by atoms with van der Waals surface area (Å²) in [6.07, 6.45) is 0. The maximum absolute atomic E-state index is 5.46. The summed E-state index contributed by atoms with van der Waals surface area (Å²) in [4.78, 5) is 4.61. The third-order valence-electron chi connectivity index (χ3n) is 3.22. The molecular formula is C14H14N2S2. The number of hydrogen-bond donors (Lipinski definition) is 1. The Hall–Kier alpha value is -1.39. The van der Waals surface area contributed by atoms with Crippen molar-refractivity contribution in [3.8, 4) is 0 Å². The van der Waals surface area contributed by atoms with Crippen molar-refractivity contribution in [1.29, 1.82) is 0 Å². The molecule has 1 atom stereocenters. The van der Waals surface area contributed by atoms with Crippen LogP contribution in [0.3, 0.4) is 0 Å². The van der Waals surface area contributed by atoms with Gasteiger partial charge < -0.3 is 9.55 Å². The van der Waals surface area contributed by atoms with Crippen molar-refractivity contribution in [3.05, 3.63) is 50.9 Å². The molecule has 0 aliphatic rings. The molecule has 3 rings (SSSR count). The third kappa shape index (κ3) is 1.82. The molecule has 0 fully saturated rings. The van der Waals surface area contributed by atoms with Crippen LogP contribution in [-0.2, 0) is 0 Å². The van der Waals surface area contributed by atoms with Gasteiger partial charge in [0.15, 0.2) is 4.77 Å². The summed E-state index contributed by atoms with van der Waals surface area (Å²) in [6.45, 7) is 4.30. The van der Waals surface area contributed by atoms with Crippen molar-refractivity contribution in [3.63, 3.8) is 0 Å². The highest BCUT2D eigenvalue weighted by Crippen LogP contribution is 2.27. The zero-order chi connectivity index (χ0) is 12.7. The number of thiophene rings is 1. The van der Waals surface area contributed by atoms with Crippen LogP contribution in [0.2, 0.25) is 0 Å². The van der Waals surface area contributed by atoms with Crippen LogP contribution in [0.4, 0.5) is 0 Å². The normalized spacial score (nSPS) is 13.0. The van der Waals surface area contributed by atoms with Crippen LogP contribution in [0.25, 0.3) is 11.0 Å². The summed E-state index contributed by atoms with van der Waals surface area (Å²) >= 11 is 7.23. The van der Waals surface area contributed by atoms with Crippen molar-refractivity contribution in [2.24, 2.45) is 0 Å². The molecule has 92 valence electrons. The molecule has 1 aromatic carbocycles. The van der Waals surface area contributed by atoms with Gasteiger partial charge in [-0.15, -0.1) is 11.3 Å². The molecule has 0 saturated carbocycles. The number of aryl methyl sites for hydroxylation is 1. The molecule has 0 saturated heterocycles. The second-order valence-corrected chi connectivity index (χ2v) is 5.88. The number of nitrogens with zero attached hydrogens (tertiary/aromatic N) is 1. The lowest BCUT2D eigenvalue weighted by Gasteiger charge is -2.13. The van der Waals surface area contributed by atoms with Crippen molar-refractivity contribution in [2.75, 3.05) is 0 Å². The van der Waals surface area contributed by atoms with Crippen molar-refractivity contribution in [1.82, 2.24) is 9.55 Å². The molecule has 4 heteroatoms. The Labute approximate surface area is 115 Å². The zero-order valence-corrected chi connectivity index (χ0v) is 11.9. The highest BCUT2D eigenvalue weighted by Gasteiger charge is 2.13. The molecule has 0 aliphatic carbocycles. The highest BCUT2D eigenvalue weighted by molar-refractivity contribution is 7.71. The lowest BCUT2D eigenvalue weighted by atomic mass is 10.2. The van der Waals surface area contributed by atoms with Gasteiger partial charge in [-0.25, -0.2) is 0 Å². The fourth-order valence-electron chi connectivity index (χ4n) is 2.27. The first-order chi connectivity index (χ1) is 8.66. The van der Waals surface area contributed by atoms with Crippen LogP contribution in [0.15, 0.2) is 35.7 Å². The lowest BCUT2D eigenvalue weighted by molar-refractivity contribution is 0.660. The number of aromatic amines is 1. The minimum Gasteiger partial charge on any atom is -0.331 e. The fourth-order valence-corrected chi connectivity index (χ4v) is 3.41. The largest absolute Gasteiger partial charge is 0.331 e. The van der Waals surface area contributed by atoms with Gasteiger partial charge in [-0.2, -0.15) is 0 Å². The van der Waals surface area contributed by atoms with E-state index in [9.17, 15) is 0 Å². The van der Waals surface area contributed by atoms with E-state index < -0.39 is 0 Å². The molecule has 2 aromatic heterocycles. The number of nitrogens with one attached hydrogen (secondary N) is 1. The second-order valence-electron chi connectivity index (χ2n) is 4.51. The molecule has 0 bridgehead atoms. The third-order valence-corrected chi connectivity index (χ3v) is 4.56. The number of rotatable bonds is 2. The van der Waals surface area contributed by atoms with E-state index in [0.29, 0.717) is 0 Å². The molecule has 0 aliphatic heterocycles. The predicted molar refractivity (Wildman–Crippen MR) is 80.0 cm³/mol.